The van der Waals surface area contributed by atoms with Crippen LogP contribution in [0.15, 0.2) is 22.9 Å². The molecule has 25 heavy (non-hydrogen) atoms. The minimum absolute atomic E-state index is 0.167. The SMILES string of the molecule is COC(=O)C1CC=C2CN(C(=O)OC(C)(C)C)CCN3CC(C)C1=C23. The maximum Gasteiger partial charge on any atom is 0.410 e. The van der Waals surface area contributed by atoms with Crippen molar-refractivity contribution < 1.29 is 19.1 Å². The zero-order chi connectivity index (χ0) is 18.4. The van der Waals surface area contributed by atoms with Crippen molar-refractivity contribution in [1.29, 1.82) is 0 Å². The van der Waals surface area contributed by atoms with Crippen molar-refractivity contribution in [1.82, 2.24) is 9.80 Å². The topological polar surface area (TPSA) is 59.1 Å². The van der Waals surface area contributed by atoms with Gasteiger partial charge in [-0.15, -0.1) is 0 Å². The lowest BCUT2D eigenvalue weighted by Gasteiger charge is -2.28. The van der Waals surface area contributed by atoms with E-state index in [-0.39, 0.29) is 18.0 Å². The zero-order valence-corrected chi connectivity index (χ0v) is 15.8. The second-order valence-electron chi connectivity index (χ2n) is 8.09. The number of methoxy groups -OCH3 is 1. The van der Waals surface area contributed by atoms with Gasteiger partial charge in [0.2, 0.25) is 0 Å². The van der Waals surface area contributed by atoms with Crippen molar-refractivity contribution in [2.75, 3.05) is 33.3 Å². The van der Waals surface area contributed by atoms with E-state index in [4.69, 9.17) is 9.47 Å². The summed E-state index contributed by atoms with van der Waals surface area (Å²) in [4.78, 5) is 28.8. The molecule has 0 spiro atoms. The minimum atomic E-state index is -0.505. The van der Waals surface area contributed by atoms with E-state index in [1.54, 1.807) is 4.90 Å². The first-order valence-corrected chi connectivity index (χ1v) is 8.95. The van der Waals surface area contributed by atoms with Gasteiger partial charge in [0, 0.05) is 25.3 Å². The lowest BCUT2D eigenvalue weighted by Crippen LogP contribution is -2.39. The first-order chi connectivity index (χ1) is 11.7. The number of ether oxygens (including phenoxy) is 2. The molecule has 1 amide bonds. The molecule has 3 rings (SSSR count). The number of amides is 1. The third kappa shape index (κ3) is 3.39. The largest absolute Gasteiger partial charge is 0.469 e. The smallest absolute Gasteiger partial charge is 0.410 e. The number of hydrogen-bond donors (Lipinski definition) is 0. The van der Waals surface area contributed by atoms with Gasteiger partial charge in [-0.25, -0.2) is 4.79 Å². The Morgan fingerprint density at radius 1 is 1.24 bits per heavy atom. The summed E-state index contributed by atoms with van der Waals surface area (Å²) >= 11 is 0. The molecule has 0 aromatic heterocycles. The monoisotopic (exact) mass is 348 g/mol. The second kappa shape index (κ2) is 6.39. The Bertz CT molecular complexity index is 644. The normalized spacial score (nSPS) is 26.0. The molecule has 2 aliphatic heterocycles. The molecule has 3 aliphatic rings. The maximum atomic E-state index is 12.5. The Labute approximate surface area is 149 Å². The number of allylic oxidation sites excluding steroid dienone is 1. The van der Waals surface area contributed by atoms with E-state index in [1.165, 1.54) is 12.7 Å². The van der Waals surface area contributed by atoms with Gasteiger partial charge < -0.3 is 19.3 Å². The van der Waals surface area contributed by atoms with Crippen molar-refractivity contribution >= 4 is 12.1 Å². The highest BCUT2D eigenvalue weighted by atomic mass is 16.6. The Morgan fingerprint density at radius 2 is 1.96 bits per heavy atom. The van der Waals surface area contributed by atoms with Gasteiger partial charge in [0.15, 0.2) is 0 Å². The molecule has 0 aromatic rings. The lowest BCUT2D eigenvalue weighted by molar-refractivity contribution is -0.144. The lowest BCUT2D eigenvalue weighted by atomic mass is 9.82. The van der Waals surface area contributed by atoms with Crippen LogP contribution in [-0.2, 0) is 14.3 Å². The van der Waals surface area contributed by atoms with Gasteiger partial charge in [-0.2, -0.15) is 0 Å². The highest BCUT2D eigenvalue weighted by Crippen LogP contribution is 2.43. The van der Waals surface area contributed by atoms with Gasteiger partial charge in [0.05, 0.1) is 19.6 Å². The number of carbonyl (C=O) groups is 2. The molecule has 2 atom stereocenters. The molecular weight excluding hydrogens is 320 g/mol. The fourth-order valence-electron chi connectivity index (χ4n) is 4.03. The molecule has 0 N–H and O–H groups in total. The summed E-state index contributed by atoms with van der Waals surface area (Å²) in [5.74, 6) is -0.0348. The molecule has 1 aliphatic carbocycles. The molecule has 0 aromatic carbocycles. The third-order valence-corrected chi connectivity index (χ3v) is 5.03. The highest BCUT2D eigenvalue weighted by molar-refractivity contribution is 5.78. The fraction of sp³-hybridized carbons (Fsp3) is 0.684. The average molecular weight is 348 g/mol. The number of esters is 1. The van der Waals surface area contributed by atoms with Gasteiger partial charge in [-0.3, -0.25) is 4.79 Å². The number of carbonyl (C=O) groups excluding carboxylic acids is 2. The predicted octanol–water partition coefficient (Wildman–Crippen LogP) is 2.56. The Morgan fingerprint density at radius 3 is 2.60 bits per heavy atom. The van der Waals surface area contributed by atoms with Crippen molar-refractivity contribution in [3.8, 4) is 0 Å². The fourth-order valence-corrected chi connectivity index (χ4v) is 4.03. The van der Waals surface area contributed by atoms with Crippen LogP contribution in [0.3, 0.4) is 0 Å². The van der Waals surface area contributed by atoms with Crippen LogP contribution in [0.5, 0.6) is 0 Å². The first-order valence-electron chi connectivity index (χ1n) is 8.95. The van der Waals surface area contributed by atoms with Crippen LogP contribution >= 0.6 is 0 Å². The molecule has 0 saturated carbocycles. The molecule has 2 unspecified atom stereocenters. The summed E-state index contributed by atoms with van der Waals surface area (Å²) in [6, 6.07) is 0. The van der Waals surface area contributed by atoms with E-state index < -0.39 is 5.60 Å². The summed E-state index contributed by atoms with van der Waals surface area (Å²) in [6.45, 7) is 10.6. The van der Waals surface area contributed by atoms with Crippen LogP contribution < -0.4 is 0 Å². The van der Waals surface area contributed by atoms with E-state index in [0.29, 0.717) is 25.4 Å². The van der Waals surface area contributed by atoms with E-state index >= 15 is 0 Å². The average Bonchev–Trinajstić information content (AvgIpc) is 2.74. The summed E-state index contributed by atoms with van der Waals surface area (Å²) in [5.41, 5.74) is 2.95. The molecule has 6 heteroatoms. The van der Waals surface area contributed by atoms with Crippen LogP contribution in [-0.4, -0.2) is 60.8 Å². The second-order valence-corrected chi connectivity index (χ2v) is 8.09. The molecule has 1 saturated heterocycles. The molecular formula is C19H28N2O4. The summed E-state index contributed by atoms with van der Waals surface area (Å²) in [7, 11) is 1.45. The van der Waals surface area contributed by atoms with Crippen LogP contribution in [0.1, 0.15) is 34.1 Å². The number of hydrogen-bond acceptors (Lipinski definition) is 5. The van der Waals surface area contributed by atoms with E-state index in [0.717, 1.165) is 24.4 Å². The van der Waals surface area contributed by atoms with E-state index in [9.17, 15) is 9.59 Å². The van der Waals surface area contributed by atoms with Crippen LogP contribution in [0.25, 0.3) is 0 Å². The molecule has 0 bridgehead atoms. The minimum Gasteiger partial charge on any atom is -0.469 e. The summed E-state index contributed by atoms with van der Waals surface area (Å²) < 4.78 is 10.5. The van der Waals surface area contributed by atoms with Crippen molar-refractivity contribution in [3.63, 3.8) is 0 Å². The van der Waals surface area contributed by atoms with Gasteiger partial charge in [0.1, 0.15) is 5.60 Å². The van der Waals surface area contributed by atoms with Crippen molar-refractivity contribution in [3.05, 3.63) is 22.9 Å². The summed E-state index contributed by atoms with van der Waals surface area (Å²) in [6.07, 6.45) is 2.45. The molecule has 1 fully saturated rings. The Hall–Kier alpha value is -1.98. The quantitative estimate of drug-likeness (QED) is 0.682. The Kier molecular flexibility index (Phi) is 4.56. The third-order valence-electron chi connectivity index (χ3n) is 5.03. The van der Waals surface area contributed by atoms with Crippen molar-refractivity contribution in [2.24, 2.45) is 11.8 Å². The number of nitrogens with zero attached hydrogens (tertiary/aromatic N) is 2. The van der Waals surface area contributed by atoms with E-state index in [2.05, 4.69) is 17.9 Å². The van der Waals surface area contributed by atoms with Crippen LogP contribution in [0.4, 0.5) is 4.79 Å². The predicted molar refractivity (Wildman–Crippen MR) is 93.8 cm³/mol. The maximum absolute atomic E-state index is 12.5. The van der Waals surface area contributed by atoms with Gasteiger partial charge >= 0.3 is 12.1 Å². The zero-order valence-electron chi connectivity index (χ0n) is 15.8. The van der Waals surface area contributed by atoms with Gasteiger partial charge in [0.25, 0.3) is 0 Å². The van der Waals surface area contributed by atoms with E-state index in [1.807, 2.05) is 20.8 Å². The molecule has 0 radical (unpaired) electrons. The highest BCUT2D eigenvalue weighted by Gasteiger charge is 2.42. The molecule has 2 heterocycles. The molecule has 138 valence electrons. The summed E-state index contributed by atoms with van der Waals surface area (Å²) in [5, 5.41) is 0. The number of rotatable bonds is 1. The van der Waals surface area contributed by atoms with Gasteiger partial charge in [-0.1, -0.05) is 13.0 Å². The molecule has 6 nitrogen and oxygen atoms in total. The van der Waals surface area contributed by atoms with Gasteiger partial charge in [-0.05, 0) is 44.3 Å². The van der Waals surface area contributed by atoms with Crippen LogP contribution in [0, 0.1) is 11.8 Å². The van der Waals surface area contributed by atoms with Crippen molar-refractivity contribution in [2.45, 2.75) is 39.7 Å². The first kappa shape index (κ1) is 17.8. The Balaban J connectivity index is 1.87. The van der Waals surface area contributed by atoms with Crippen LogP contribution in [0.2, 0.25) is 0 Å². The standard InChI is InChI=1S/C19H28N2O4/c1-12-10-20-8-9-21(18(23)25-19(2,3)4)11-13-6-7-14(17(22)24-5)15(12)16(13)20/h6,12,14H,7-11H2,1-5H3.